The third kappa shape index (κ3) is 2.69. The number of hydrogen-bond donors (Lipinski definition) is 2. The fourth-order valence-corrected chi connectivity index (χ4v) is 3.67. The first-order valence-corrected chi connectivity index (χ1v) is 7.33. The van der Waals surface area contributed by atoms with Gasteiger partial charge in [0.15, 0.2) is 0 Å². The lowest BCUT2D eigenvalue weighted by atomic mass is 10.1. The molecule has 1 aromatic carbocycles. The molecule has 0 aromatic heterocycles. The van der Waals surface area contributed by atoms with Gasteiger partial charge < -0.3 is 19.3 Å². The van der Waals surface area contributed by atoms with Crippen LogP contribution in [0.5, 0.6) is 11.5 Å². The Morgan fingerprint density at radius 2 is 1.67 bits per heavy atom. The van der Waals surface area contributed by atoms with Gasteiger partial charge in [0.25, 0.3) is 0 Å². The molecule has 0 radical (unpaired) electrons. The van der Waals surface area contributed by atoms with Gasteiger partial charge in [-0.1, -0.05) is 0 Å². The van der Waals surface area contributed by atoms with E-state index < -0.39 is 7.60 Å². The molecule has 0 amide bonds. The first-order valence-electron chi connectivity index (χ1n) is 5.79. The largest absolute Gasteiger partial charge is 0.507 e. The van der Waals surface area contributed by atoms with E-state index in [0.29, 0.717) is 11.1 Å². The molecule has 6 heteroatoms. The zero-order valence-corrected chi connectivity index (χ0v) is 12.0. The van der Waals surface area contributed by atoms with Crippen LogP contribution in [0.1, 0.15) is 25.0 Å². The van der Waals surface area contributed by atoms with Crippen LogP contribution in [0.15, 0.2) is 6.07 Å². The molecule has 5 nitrogen and oxygen atoms in total. The summed E-state index contributed by atoms with van der Waals surface area (Å²) < 4.78 is 23.0. The number of hydrogen-bond acceptors (Lipinski definition) is 5. The lowest BCUT2D eigenvalue weighted by Crippen LogP contribution is -2.15. The zero-order chi connectivity index (χ0) is 13.9. The highest BCUT2D eigenvalue weighted by Crippen LogP contribution is 2.51. The van der Waals surface area contributed by atoms with Crippen molar-refractivity contribution < 1.29 is 23.8 Å². The Labute approximate surface area is 107 Å². The molecule has 0 aliphatic heterocycles. The van der Waals surface area contributed by atoms with Gasteiger partial charge >= 0.3 is 7.60 Å². The molecule has 1 aromatic rings. The van der Waals surface area contributed by atoms with E-state index in [4.69, 9.17) is 9.05 Å². The van der Waals surface area contributed by atoms with Gasteiger partial charge in [0.2, 0.25) is 0 Å². The summed E-state index contributed by atoms with van der Waals surface area (Å²) in [4.78, 5) is 0. The molecule has 102 valence electrons. The van der Waals surface area contributed by atoms with Crippen LogP contribution in [0.25, 0.3) is 0 Å². The van der Waals surface area contributed by atoms with Crippen molar-refractivity contribution in [2.45, 2.75) is 27.7 Å². The van der Waals surface area contributed by atoms with E-state index >= 15 is 0 Å². The highest BCUT2D eigenvalue weighted by atomic mass is 31.2. The maximum absolute atomic E-state index is 12.6. The molecule has 0 aliphatic rings. The minimum absolute atomic E-state index is 0.0116. The normalized spacial score (nSPS) is 11.8. The van der Waals surface area contributed by atoms with Crippen molar-refractivity contribution >= 4 is 12.9 Å². The number of aromatic hydroxyl groups is 2. The fraction of sp³-hybridized carbons (Fsp3) is 0.500. The zero-order valence-electron chi connectivity index (χ0n) is 11.1. The Morgan fingerprint density at radius 3 is 2.11 bits per heavy atom. The molecule has 0 aliphatic carbocycles. The van der Waals surface area contributed by atoms with Crippen LogP contribution >= 0.6 is 7.60 Å². The molecule has 0 spiro atoms. The molecule has 18 heavy (non-hydrogen) atoms. The summed E-state index contributed by atoms with van der Waals surface area (Å²) in [6.45, 7) is 6.97. The van der Waals surface area contributed by atoms with Gasteiger partial charge in [-0.3, -0.25) is 4.57 Å². The van der Waals surface area contributed by atoms with Crippen LogP contribution in [0, 0.1) is 13.8 Å². The van der Waals surface area contributed by atoms with Gasteiger partial charge in [-0.25, -0.2) is 0 Å². The summed E-state index contributed by atoms with van der Waals surface area (Å²) in [5.41, 5.74) is 0.825. The van der Waals surface area contributed by atoms with Crippen LogP contribution in [-0.2, 0) is 13.6 Å². The van der Waals surface area contributed by atoms with Gasteiger partial charge in [0.1, 0.15) is 16.8 Å². The SMILES string of the molecule is CCOP(=O)(OCC)c1c(O)cc(C)c(O)c1C. The predicted octanol–water partition coefficient (Wildman–Crippen LogP) is 2.61. The van der Waals surface area contributed by atoms with E-state index in [9.17, 15) is 14.8 Å². The summed E-state index contributed by atoms with van der Waals surface area (Å²) in [5, 5.41) is 19.8. The Bertz CT molecular complexity index is 474. The summed E-state index contributed by atoms with van der Waals surface area (Å²) >= 11 is 0. The molecule has 1 rings (SSSR count). The standard InChI is InChI=1S/C12H19O5P/c1-5-16-18(15,17-6-2)12-9(4)11(14)8(3)7-10(12)13/h7,13-14H,5-6H2,1-4H3. The van der Waals surface area contributed by atoms with Crippen molar-refractivity contribution in [3.8, 4) is 11.5 Å². The van der Waals surface area contributed by atoms with E-state index in [2.05, 4.69) is 0 Å². The molecule has 0 bridgehead atoms. The summed E-state index contributed by atoms with van der Waals surface area (Å²) in [6.07, 6.45) is 0. The minimum Gasteiger partial charge on any atom is -0.507 e. The van der Waals surface area contributed by atoms with Crippen molar-refractivity contribution in [1.29, 1.82) is 0 Å². The Morgan fingerprint density at radius 1 is 1.17 bits per heavy atom. The number of phenolic OH excluding ortho intramolecular Hbond substituents is 2. The predicted molar refractivity (Wildman–Crippen MR) is 69.7 cm³/mol. The second-order valence-electron chi connectivity index (χ2n) is 3.87. The number of phenols is 2. The maximum Gasteiger partial charge on any atom is 0.365 e. The Kier molecular flexibility index (Phi) is 4.79. The van der Waals surface area contributed by atoms with Crippen molar-refractivity contribution in [3.63, 3.8) is 0 Å². The monoisotopic (exact) mass is 274 g/mol. The number of rotatable bonds is 5. The van der Waals surface area contributed by atoms with Crippen molar-refractivity contribution in [3.05, 3.63) is 17.2 Å². The van der Waals surface area contributed by atoms with Crippen molar-refractivity contribution in [2.24, 2.45) is 0 Å². The number of benzene rings is 1. The van der Waals surface area contributed by atoms with Gasteiger partial charge in [-0.2, -0.15) is 0 Å². The second-order valence-corrected chi connectivity index (χ2v) is 5.83. The van der Waals surface area contributed by atoms with Crippen LogP contribution in [0.2, 0.25) is 0 Å². The fourth-order valence-electron chi connectivity index (χ4n) is 1.79. The first kappa shape index (κ1) is 15.0. The smallest absolute Gasteiger partial charge is 0.365 e. The molecule has 2 N–H and O–H groups in total. The van der Waals surface area contributed by atoms with E-state index in [1.165, 1.54) is 6.07 Å². The lowest BCUT2D eigenvalue weighted by molar-refractivity contribution is 0.229. The molecular weight excluding hydrogens is 255 g/mol. The average molecular weight is 274 g/mol. The third-order valence-electron chi connectivity index (χ3n) is 2.55. The highest BCUT2D eigenvalue weighted by Gasteiger charge is 2.33. The van der Waals surface area contributed by atoms with Crippen LogP contribution in [0.4, 0.5) is 0 Å². The Balaban J connectivity index is 3.46. The van der Waals surface area contributed by atoms with Gasteiger partial charge in [0.05, 0.1) is 13.2 Å². The molecule has 0 heterocycles. The maximum atomic E-state index is 12.6. The van der Waals surface area contributed by atoms with Gasteiger partial charge in [-0.15, -0.1) is 0 Å². The van der Waals surface area contributed by atoms with E-state index in [1.54, 1.807) is 27.7 Å². The molecular formula is C12H19O5P. The van der Waals surface area contributed by atoms with Gasteiger partial charge in [0, 0.05) is 5.56 Å². The van der Waals surface area contributed by atoms with Crippen LogP contribution in [0.3, 0.4) is 0 Å². The van der Waals surface area contributed by atoms with Crippen LogP contribution in [-0.4, -0.2) is 23.4 Å². The van der Waals surface area contributed by atoms with E-state index in [1.807, 2.05) is 0 Å². The van der Waals surface area contributed by atoms with Gasteiger partial charge in [-0.05, 0) is 39.3 Å². The molecule has 0 atom stereocenters. The summed E-state index contributed by atoms with van der Waals surface area (Å²) in [7, 11) is -3.60. The highest BCUT2D eigenvalue weighted by molar-refractivity contribution is 7.62. The average Bonchev–Trinajstić information content (AvgIpc) is 2.26. The third-order valence-corrected chi connectivity index (χ3v) is 4.86. The molecule has 0 saturated heterocycles. The van der Waals surface area contributed by atoms with Crippen molar-refractivity contribution in [1.82, 2.24) is 0 Å². The lowest BCUT2D eigenvalue weighted by Gasteiger charge is -2.21. The first-order chi connectivity index (χ1) is 8.37. The van der Waals surface area contributed by atoms with E-state index in [0.717, 1.165) is 0 Å². The molecule has 0 unspecified atom stereocenters. The van der Waals surface area contributed by atoms with Crippen molar-refractivity contribution in [2.75, 3.05) is 13.2 Å². The second kappa shape index (κ2) is 5.74. The van der Waals surface area contributed by atoms with Crippen LogP contribution < -0.4 is 5.30 Å². The summed E-state index contributed by atoms with van der Waals surface area (Å²) in [5.74, 6) is -0.199. The minimum atomic E-state index is -3.60. The number of aryl methyl sites for hydroxylation is 1. The molecule has 0 saturated carbocycles. The Hall–Kier alpha value is -1.03. The van der Waals surface area contributed by atoms with E-state index in [-0.39, 0.29) is 30.0 Å². The quantitative estimate of drug-likeness (QED) is 0.637. The topological polar surface area (TPSA) is 76.0 Å². The molecule has 0 fully saturated rings. The summed E-state index contributed by atoms with van der Waals surface area (Å²) in [6, 6.07) is 1.35.